The van der Waals surface area contributed by atoms with Crippen molar-refractivity contribution in [2.45, 2.75) is 25.7 Å². The maximum absolute atomic E-state index is 12.4. The minimum Gasteiger partial charge on any atom is -0.391 e. The normalized spacial score (nSPS) is 20.8. The first-order valence-electron chi connectivity index (χ1n) is 8.59. The molecule has 1 saturated heterocycles. The minimum atomic E-state index is -3.39. The van der Waals surface area contributed by atoms with Crippen LogP contribution in [0.15, 0.2) is 18.2 Å². The van der Waals surface area contributed by atoms with Crippen LogP contribution in [0.3, 0.4) is 0 Å². The highest BCUT2D eigenvalue weighted by atomic mass is 32.2. The highest BCUT2D eigenvalue weighted by molar-refractivity contribution is 7.99. The summed E-state index contributed by atoms with van der Waals surface area (Å²) in [5.41, 5.74) is 3.61. The molecule has 146 valence electrons. The summed E-state index contributed by atoms with van der Waals surface area (Å²) in [6.45, 7) is 4.60. The topological polar surface area (TPSA) is 77.9 Å². The summed E-state index contributed by atoms with van der Waals surface area (Å²) in [6.07, 6.45) is -0.793. The second-order valence-electron chi connectivity index (χ2n) is 7.18. The van der Waals surface area contributed by atoms with Crippen LogP contribution in [0.1, 0.15) is 16.7 Å². The predicted molar refractivity (Wildman–Crippen MR) is 106 cm³/mol. The van der Waals surface area contributed by atoms with Crippen LogP contribution in [0.25, 0.3) is 0 Å². The number of rotatable bonds is 7. The standard InChI is InChI=1S/C18H28N2O4S2/c1-13-5-14(2)7-15(6-13)10-25-11-18(22)20-8-16(17(21)9-20)12-26(23,24)19(3)4/h5-7,16-17,21H,8-12H2,1-4H3/t16-,17-/m0/s1. The van der Waals surface area contributed by atoms with E-state index >= 15 is 0 Å². The quantitative estimate of drug-likeness (QED) is 0.745. The fraction of sp³-hybridized carbons (Fsp3) is 0.611. The van der Waals surface area contributed by atoms with Crippen molar-refractivity contribution in [1.29, 1.82) is 0 Å². The number of hydrogen-bond donors (Lipinski definition) is 1. The first kappa shape index (κ1) is 21.2. The van der Waals surface area contributed by atoms with E-state index in [1.807, 2.05) is 0 Å². The second kappa shape index (κ2) is 8.73. The number of aliphatic hydroxyl groups is 1. The Morgan fingerprint density at radius 3 is 2.42 bits per heavy atom. The van der Waals surface area contributed by atoms with E-state index in [9.17, 15) is 18.3 Å². The lowest BCUT2D eigenvalue weighted by Crippen LogP contribution is -2.34. The lowest BCUT2D eigenvalue weighted by Gasteiger charge is -2.18. The fourth-order valence-electron chi connectivity index (χ4n) is 3.14. The molecule has 0 unspecified atom stereocenters. The minimum absolute atomic E-state index is 0.0526. The zero-order valence-corrected chi connectivity index (χ0v) is 17.4. The summed E-state index contributed by atoms with van der Waals surface area (Å²) in [4.78, 5) is 14.0. The highest BCUT2D eigenvalue weighted by Crippen LogP contribution is 2.22. The number of sulfonamides is 1. The molecule has 0 aromatic heterocycles. The molecule has 2 rings (SSSR count). The van der Waals surface area contributed by atoms with Crippen LogP contribution in [0.4, 0.5) is 0 Å². The molecule has 1 fully saturated rings. The van der Waals surface area contributed by atoms with E-state index in [1.54, 1.807) is 4.90 Å². The molecular formula is C18H28N2O4S2. The third-order valence-electron chi connectivity index (χ3n) is 4.52. The van der Waals surface area contributed by atoms with Crippen molar-refractivity contribution in [1.82, 2.24) is 9.21 Å². The monoisotopic (exact) mass is 400 g/mol. The van der Waals surface area contributed by atoms with E-state index in [0.717, 1.165) is 10.1 Å². The van der Waals surface area contributed by atoms with Crippen LogP contribution in [0, 0.1) is 19.8 Å². The third kappa shape index (κ3) is 5.70. The number of carbonyl (C=O) groups is 1. The average Bonchev–Trinajstić information content (AvgIpc) is 2.86. The molecule has 6 nitrogen and oxygen atoms in total. The number of amides is 1. The van der Waals surface area contributed by atoms with Crippen LogP contribution in [-0.4, -0.2) is 73.4 Å². The van der Waals surface area contributed by atoms with Crippen LogP contribution >= 0.6 is 11.8 Å². The summed E-state index contributed by atoms with van der Waals surface area (Å²) < 4.78 is 25.2. The first-order valence-corrected chi connectivity index (χ1v) is 11.4. The zero-order chi connectivity index (χ0) is 19.5. The molecule has 1 aliphatic rings. The van der Waals surface area contributed by atoms with E-state index in [0.29, 0.717) is 5.75 Å². The third-order valence-corrected chi connectivity index (χ3v) is 7.47. The Morgan fingerprint density at radius 2 is 1.85 bits per heavy atom. The highest BCUT2D eigenvalue weighted by Gasteiger charge is 2.37. The smallest absolute Gasteiger partial charge is 0.232 e. The molecule has 1 aromatic carbocycles. The van der Waals surface area contributed by atoms with Crippen molar-refractivity contribution in [3.8, 4) is 0 Å². The molecule has 26 heavy (non-hydrogen) atoms. The van der Waals surface area contributed by atoms with Crippen LogP contribution in [0.2, 0.25) is 0 Å². The summed E-state index contributed by atoms with van der Waals surface area (Å²) in [5.74, 6) is 0.454. The molecule has 1 N–H and O–H groups in total. The van der Waals surface area contributed by atoms with Gasteiger partial charge in [0.05, 0.1) is 17.6 Å². The molecule has 0 radical (unpaired) electrons. The van der Waals surface area contributed by atoms with E-state index in [-0.39, 0.29) is 24.7 Å². The van der Waals surface area contributed by atoms with Crippen LogP contribution < -0.4 is 0 Å². The number of hydrogen-bond acceptors (Lipinski definition) is 5. The first-order chi connectivity index (χ1) is 12.1. The van der Waals surface area contributed by atoms with Gasteiger partial charge in [-0.2, -0.15) is 0 Å². The molecule has 1 heterocycles. The number of benzene rings is 1. The molecule has 2 atom stereocenters. The van der Waals surface area contributed by atoms with Gasteiger partial charge in [0.15, 0.2) is 0 Å². The van der Waals surface area contributed by atoms with Crippen molar-refractivity contribution < 1.29 is 18.3 Å². The lowest BCUT2D eigenvalue weighted by molar-refractivity contribution is -0.127. The van der Waals surface area contributed by atoms with Gasteiger partial charge in [0, 0.05) is 38.9 Å². The Bertz CT molecular complexity index is 729. The van der Waals surface area contributed by atoms with Gasteiger partial charge in [-0.25, -0.2) is 12.7 Å². The molecular weight excluding hydrogens is 372 g/mol. The van der Waals surface area contributed by atoms with Gasteiger partial charge in [0.25, 0.3) is 0 Å². The summed E-state index contributed by atoms with van der Waals surface area (Å²) >= 11 is 1.54. The largest absolute Gasteiger partial charge is 0.391 e. The number of nitrogens with zero attached hydrogens (tertiary/aromatic N) is 2. The van der Waals surface area contributed by atoms with Crippen molar-refractivity contribution in [3.05, 3.63) is 34.9 Å². The fourth-order valence-corrected chi connectivity index (χ4v) is 5.17. The predicted octanol–water partition coefficient (Wildman–Crippen LogP) is 1.25. The Morgan fingerprint density at radius 1 is 1.23 bits per heavy atom. The van der Waals surface area contributed by atoms with Crippen molar-refractivity contribution in [2.24, 2.45) is 5.92 Å². The van der Waals surface area contributed by atoms with Crippen LogP contribution in [-0.2, 0) is 20.6 Å². The number of aliphatic hydroxyl groups excluding tert-OH is 1. The van der Waals surface area contributed by atoms with Gasteiger partial charge in [-0.05, 0) is 19.4 Å². The number of likely N-dealkylation sites (tertiary alicyclic amines) is 1. The van der Waals surface area contributed by atoms with Crippen LogP contribution in [0.5, 0.6) is 0 Å². The molecule has 1 aliphatic heterocycles. The van der Waals surface area contributed by atoms with Gasteiger partial charge in [-0.1, -0.05) is 29.3 Å². The van der Waals surface area contributed by atoms with E-state index < -0.39 is 22.0 Å². The van der Waals surface area contributed by atoms with E-state index in [4.69, 9.17) is 0 Å². The Labute approximate surface area is 160 Å². The second-order valence-corrected chi connectivity index (χ2v) is 10.4. The van der Waals surface area contributed by atoms with E-state index in [2.05, 4.69) is 32.0 Å². The molecule has 0 aliphatic carbocycles. The zero-order valence-electron chi connectivity index (χ0n) is 15.8. The van der Waals surface area contributed by atoms with Crippen molar-refractivity contribution >= 4 is 27.7 Å². The maximum atomic E-state index is 12.4. The van der Waals surface area contributed by atoms with Crippen molar-refractivity contribution in [3.63, 3.8) is 0 Å². The average molecular weight is 401 g/mol. The maximum Gasteiger partial charge on any atom is 0.232 e. The summed E-state index contributed by atoms with van der Waals surface area (Å²) in [6, 6.07) is 6.35. The molecule has 1 amide bonds. The Balaban J connectivity index is 1.85. The number of aryl methyl sites for hydroxylation is 2. The molecule has 0 bridgehead atoms. The van der Waals surface area contributed by atoms with Gasteiger partial charge < -0.3 is 10.0 Å². The van der Waals surface area contributed by atoms with Crippen molar-refractivity contribution in [2.75, 3.05) is 38.7 Å². The van der Waals surface area contributed by atoms with Gasteiger partial charge in [-0.15, -0.1) is 11.8 Å². The SMILES string of the molecule is Cc1cc(C)cc(CSCC(=O)N2C[C@@H](CS(=O)(=O)N(C)C)[C@@H](O)C2)c1. The lowest BCUT2D eigenvalue weighted by atomic mass is 10.1. The number of carbonyl (C=O) groups excluding carboxylic acids is 1. The molecule has 1 aromatic rings. The van der Waals surface area contributed by atoms with Gasteiger partial charge >= 0.3 is 0 Å². The molecule has 8 heteroatoms. The number of thioether (sulfide) groups is 1. The molecule has 0 saturated carbocycles. The molecule has 0 spiro atoms. The summed E-state index contributed by atoms with van der Waals surface area (Å²) in [5, 5.41) is 10.1. The van der Waals surface area contributed by atoms with Gasteiger partial charge in [0.2, 0.25) is 15.9 Å². The van der Waals surface area contributed by atoms with E-state index in [1.165, 1.54) is 42.5 Å². The van der Waals surface area contributed by atoms with Gasteiger partial charge in [-0.3, -0.25) is 4.79 Å². The number of β-amino-alcohol motifs (C(OH)–C–C–N with tert-alkyl or cyclic N) is 1. The van der Waals surface area contributed by atoms with Gasteiger partial charge in [0.1, 0.15) is 0 Å². The summed E-state index contributed by atoms with van der Waals surface area (Å²) in [7, 11) is -0.444. The Kier molecular flexibility index (Phi) is 7.12. The Hall–Kier alpha value is -1.09.